The predicted molar refractivity (Wildman–Crippen MR) is 114 cm³/mol. The quantitative estimate of drug-likeness (QED) is 0.304. The fourth-order valence-electron chi connectivity index (χ4n) is 2.42. The van der Waals surface area contributed by atoms with Crippen molar-refractivity contribution >= 4 is 56.9 Å². The molecule has 0 aliphatic carbocycles. The van der Waals surface area contributed by atoms with Crippen LogP contribution in [-0.2, 0) is 6.54 Å². The average Bonchev–Trinajstić information content (AvgIpc) is 3.09. The van der Waals surface area contributed by atoms with Gasteiger partial charge in [0.15, 0.2) is 0 Å². The number of amides is 1. The normalized spacial score (nSPS) is 11.0. The Kier molecular flexibility index (Phi) is 6.63. The highest BCUT2D eigenvalue weighted by atomic mass is 79.9. The Morgan fingerprint density at radius 1 is 1.28 bits per heavy atom. The molecule has 0 unspecified atom stereocenters. The number of aromatic nitrogens is 2. The Bertz CT molecular complexity index is 1120. The molecule has 0 saturated heterocycles. The first-order valence-electron chi connectivity index (χ1n) is 8.08. The maximum Gasteiger partial charge on any atom is 0.320 e. The number of hydrazone groups is 1. The molecule has 0 spiro atoms. The molecule has 1 amide bonds. The summed E-state index contributed by atoms with van der Waals surface area (Å²) in [4.78, 5) is 23.0. The molecule has 8 nitrogen and oxygen atoms in total. The zero-order valence-electron chi connectivity index (χ0n) is 14.6. The number of benzene rings is 2. The van der Waals surface area contributed by atoms with Gasteiger partial charge >= 0.3 is 5.69 Å². The van der Waals surface area contributed by atoms with E-state index >= 15 is 0 Å². The number of nitrogens with one attached hydrogen (secondary N) is 1. The second-order valence-electron chi connectivity index (χ2n) is 5.82. The van der Waals surface area contributed by atoms with Crippen LogP contribution >= 0.6 is 39.1 Å². The van der Waals surface area contributed by atoms with E-state index in [1.54, 1.807) is 18.2 Å². The van der Waals surface area contributed by atoms with E-state index in [1.807, 2.05) is 24.3 Å². The number of halogens is 3. The number of rotatable bonds is 6. The third kappa shape index (κ3) is 5.41. The van der Waals surface area contributed by atoms with Crippen LogP contribution in [0.2, 0.25) is 10.0 Å². The van der Waals surface area contributed by atoms with Crippen LogP contribution in [0.3, 0.4) is 0 Å². The lowest BCUT2D eigenvalue weighted by Gasteiger charge is -2.01. The molecule has 3 rings (SSSR count). The SMILES string of the molecule is O=C(N/N=C\c1ccc(Cl)c(Cl)c1)c1nn(Cc2cccc(Br)c2)cc1[N+](=O)[O-]. The lowest BCUT2D eigenvalue weighted by molar-refractivity contribution is -0.385. The zero-order valence-corrected chi connectivity index (χ0v) is 17.6. The van der Waals surface area contributed by atoms with Crippen molar-refractivity contribution in [3.05, 3.63) is 90.1 Å². The molecule has 0 aliphatic rings. The van der Waals surface area contributed by atoms with Gasteiger partial charge in [0, 0.05) is 4.47 Å². The summed E-state index contributed by atoms with van der Waals surface area (Å²) in [5.74, 6) is -0.805. The molecule has 1 N–H and O–H groups in total. The first kappa shape index (κ1) is 21.0. The highest BCUT2D eigenvalue weighted by Crippen LogP contribution is 2.22. The Morgan fingerprint density at radius 2 is 2.07 bits per heavy atom. The van der Waals surface area contributed by atoms with Crippen molar-refractivity contribution in [2.75, 3.05) is 0 Å². The Balaban J connectivity index is 1.76. The largest absolute Gasteiger partial charge is 0.320 e. The van der Waals surface area contributed by atoms with Crippen molar-refractivity contribution < 1.29 is 9.72 Å². The van der Waals surface area contributed by atoms with Crippen LogP contribution in [0.5, 0.6) is 0 Å². The highest BCUT2D eigenvalue weighted by Gasteiger charge is 2.25. The van der Waals surface area contributed by atoms with Crippen molar-refractivity contribution in [1.82, 2.24) is 15.2 Å². The van der Waals surface area contributed by atoms with Gasteiger partial charge in [0.2, 0.25) is 5.69 Å². The topological polar surface area (TPSA) is 102 Å². The minimum absolute atomic E-state index is 0.264. The molecule has 148 valence electrons. The minimum atomic E-state index is -0.805. The molecule has 11 heteroatoms. The van der Waals surface area contributed by atoms with Crippen LogP contribution in [0.25, 0.3) is 0 Å². The molecule has 0 bridgehead atoms. The highest BCUT2D eigenvalue weighted by molar-refractivity contribution is 9.10. The van der Waals surface area contributed by atoms with Crippen molar-refractivity contribution in [2.24, 2.45) is 5.10 Å². The van der Waals surface area contributed by atoms with Crippen molar-refractivity contribution in [1.29, 1.82) is 0 Å². The van der Waals surface area contributed by atoms with Crippen molar-refractivity contribution in [3.63, 3.8) is 0 Å². The van der Waals surface area contributed by atoms with E-state index in [-0.39, 0.29) is 12.2 Å². The van der Waals surface area contributed by atoms with Gasteiger partial charge in [-0.05, 0) is 35.4 Å². The number of carbonyl (C=O) groups excluding carboxylic acids is 1. The summed E-state index contributed by atoms with van der Waals surface area (Å²) in [5, 5.41) is 19.9. The third-order valence-electron chi connectivity index (χ3n) is 3.71. The van der Waals surface area contributed by atoms with Crippen LogP contribution in [0.4, 0.5) is 5.69 Å². The smallest absolute Gasteiger partial charge is 0.265 e. The van der Waals surface area contributed by atoms with Gasteiger partial charge in [-0.15, -0.1) is 0 Å². The van der Waals surface area contributed by atoms with E-state index in [0.717, 1.165) is 10.0 Å². The van der Waals surface area contributed by atoms with Crippen LogP contribution in [0.1, 0.15) is 21.6 Å². The lowest BCUT2D eigenvalue weighted by atomic mass is 10.2. The molecule has 3 aromatic rings. The molecule has 2 aromatic carbocycles. The zero-order chi connectivity index (χ0) is 21.0. The summed E-state index contributed by atoms with van der Waals surface area (Å²) in [5.41, 5.74) is 2.93. The Morgan fingerprint density at radius 3 is 2.76 bits per heavy atom. The Labute approximate surface area is 183 Å². The van der Waals surface area contributed by atoms with Crippen molar-refractivity contribution in [3.8, 4) is 0 Å². The average molecular weight is 497 g/mol. The number of nitrogens with zero attached hydrogens (tertiary/aromatic N) is 4. The molecular weight excluding hydrogens is 485 g/mol. The number of carbonyl (C=O) groups is 1. The van der Waals surface area contributed by atoms with Gasteiger partial charge in [-0.2, -0.15) is 10.2 Å². The van der Waals surface area contributed by atoms with E-state index in [0.29, 0.717) is 15.6 Å². The van der Waals surface area contributed by atoms with E-state index in [4.69, 9.17) is 23.2 Å². The summed E-state index contributed by atoms with van der Waals surface area (Å²) in [6.45, 7) is 0.264. The number of nitro groups is 1. The molecule has 0 aliphatic heterocycles. The lowest BCUT2D eigenvalue weighted by Crippen LogP contribution is -2.19. The van der Waals surface area contributed by atoms with E-state index in [1.165, 1.54) is 17.1 Å². The third-order valence-corrected chi connectivity index (χ3v) is 4.94. The Hall–Kier alpha value is -2.75. The summed E-state index contributed by atoms with van der Waals surface area (Å²) in [6, 6.07) is 12.2. The van der Waals surface area contributed by atoms with Gasteiger partial charge < -0.3 is 0 Å². The van der Waals surface area contributed by atoms with E-state index < -0.39 is 16.5 Å². The van der Waals surface area contributed by atoms with Crippen molar-refractivity contribution in [2.45, 2.75) is 6.54 Å². The molecule has 29 heavy (non-hydrogen) atoms. The maximum atomic E-state index is 12.3. The van der Waals surface area contributed by atoms with Crippen LogP contribution in [0.15, 0.2) is 58.2 Å². The predicted octanol–water partition coefficient (Wildman–Crippen LogP) is 4.67. The van der Waals surface area contributed by atoms with Crippen LogP contribution in [-0.4, -0.2) is 26.8 Å². The fraction of sp³-hybridized carbons (Fsp3) is 0.0556. The molecule has 0 radical (unpaired) electrons. The molecule has 0 atom stereocenters. The van der Waals surface area contributed by atoms with Gasteiger partial charge in [-0.1, -0.05) is 57.3 Å². The molecule has 1 aromatic heterocycles. The second-order valence-corrected chi connectivity index (χ2v) is 7.55. The summed E-state index contributed by atoms with van der Waals surface area (Å²) in [6.07, 6.45) is 2.54. The van der Waals surface area contributed by atoms with Gasteiger partial charge in [0.05, 0.1) is 27.7 Å². The van der Waals surface area contributed by atoms with E-state index in [9.17, 15) is 14.9 Å². The fourth-order valence-corrected chi connectivity index (χ4v) is 3.17. The molecule has 0 fully saturated rings. The molecular formula is C18H12BrCl2N5O3. The van der Waals surface area contributed by atoms with Crippen LogP contribution < -0.4 is 5.43 Å². The monoisotopic (exact) mass is 495 g/mol. The first-order chi connectivity index (χ1) is 13.8. The summed E-state index contributed by atoms with van der Waals surface area (Å²) in [7, 11) is 0. The van der Waals surface area contributed by atoms with Crippen LogP contribution in [0, 0.1) is 10.1 Å². The maximum absolute atomic E-state index is 12.3. The van der Waals surface area contributed by atoms with Gasteiger partial charge in [0.25, 0.3) is 5.91 Å². The van der Waals surface area contributed by atoms with Gasteiger partial charge in [-0.25, -0.2) is 5.43 Å². The first-order valence-corrected chi connectivity index (χ1v) is 9.63. The van der Waals surface area contributed by atoms with Gasteiger partial charge in [-0.3, -0.25) is 19.6 Å². The minimum Gasteiger partial charge on any atom is -0.265 e. The summed E-state index contributed by atoms with van der Waals surface area (Å²) < 4.78 is 2.20. The second kappa shape index (κ2) is 9.17. The molecule has 0 saturated carbocycles. The van der Waals surface area contributed by atoms with E-state index in [2.05, 4.69) is 31.6 Å². The summed E-state index contributed by atoms with van der Waals surface area (Å²) >= 11 is 15.1. The standard InChI is InChI=1S/C18H12BrCl2N5O3/c19-13-3-1-2-12(6-13)9-25-10-16(26(28)29)17(24-25)18(27)23-22-8-11-4-5-14(20)15(21)7-11/h1-8,10H,9H2,(H,23,27)/b22-8-. The number of hydrogen-bond donors (Lipinski definition) is 1. The van der Waals surface area contributed by atoms with Gasteiger partial charge in [0.1, 0.15) is 6.20 Å². The number of hydrogen-bond acceptors (Lipinski definition) is 5. The molecule has 1 heterocycles.